The average Bonchev–Trinajstić information content (AvgIpc) is 3.44. The fourth-order valence-corrected chi connectivity index (χ4v) is 4.82. The fraction of sp³-hybridized carbons (Fsp3) is 0.619. The summed E-state index contributed by atoms with van der Waals surface area (Å²) in [5.74, 6) is 0.324. The molecule has 1 aliphatic carbocycles. The molecule has 1 atom stereocenters. The SMILES string of the molecule is Cc1cnn(Cc2cc(C(=O)N3CC(C(=O)NC(C)C)C4(CCCC4)C3)no2)c1. The van der Waals surface area contributed by atoms with Crippen LogP contribution in [-0.2, 0) is 11.3 Å². The van der Waals surface area contributed by atoms with Crippen LogP contribution in [0.25, 0.3) is 0 Å². The summed E-state index contributed by atoms with van der Waals surface area (Å²) in [4.78, 5) is 27.7. The Bertz CT molecular complexity index is 894. The van der Waals surface area contributed by atoms with Gasteiger partial charge in [0.15, 0.2) is 11.5 Å². The number of carbonyl (C=O) groups is 2. The van der Waals surface area contributed by atoms with Gasteiger partial charge in [-0.3, -0.25) is 14.3 Å². The highest BCUT2D eigenvalue weighted by atomic mass is 16.5. The van der Waals surface area contributed by atoms with Gasteiger partial charge in [0.1, 0.15) is 6.54 Å². The molecule has 0 bridgehead atoms. The smallest absolute Gasteiger partial charge is 0.276 e. The molecular formula is C21H29N5O3. The molecule has 1 saturated carbocycles. The highest BCUT2D eigenvalue weighted by Crippen LogP contribution is 2.49. The minimum absolute atomic E-state index is 0.0621. The van der Waals surface area contributed by atoms with Gasteiger partial charge in [0.2, 0.25) is 5.91 Å². The van der Waals surface area contributed by atoms with E-state index in [0.717, 1.165) is 31.2 Å². The summed E-state index contributed by atoms with van der Waals surface area (Å²) in [6, 6.07) is 1.78. The summed E-state index contributed by atoms with van der Waals surface area (Å²) in [7, 11) is 0. The second-order valence-electron chi connectivity index (χ2n) is 8.86. The number of carbonyl (C=O) groups excluding carboxylic acids is 2. The first-order valence-corrected chi connectivity index (χ1v) is 10.4. The molecule has 1 saturated heterocycles. The maximum Gasteiger partial charge on any atom is 0.276 e. The molecule has 1 spiro atoms. The average molecular weight is 399 g/mol. The van der Waals surface area contributed by atoms with Gasteiger partial charge in [-0.15, -0.1) is 0 Å². The summed E-state index contributed by atoms with van der Waals surface area (Å²) in [6.07, 6.45) is 7.91. The van der Waals surface area contributed by atoms with Crippen LogP contribution < -0.4 is 5.32 Å². The molecule has 8 heteroatoms. The lowest BCUT2D eigenvalue weighted by Gasteiger charge is -2.29. The maximum absolute atomic E-state index is 13.1. The van der Waals surface area contributed by atoms with Crippen LogP contribution in [-0.4, -0.2) is 50.8 Å². The van der Waals surface area contributed by atoms with Crippen molar-refractivity contribution in [2.75, 3.05) is 13.1 Å². The first-order valence-electron chi connectivity index (χ1n) is 10.4. The van der Waals surface area contributed by atoms with Crippen molar-refractivity contribution in [3.8, 4) is 0 Å². The molecule has 2 amide bonds. The van der Waals surface area contributed by atoms with E-state index in [-0.39, 0.29) is 29.2 Å². The summed E-state index contributed by atoms with van der Waals surface area (Å²) in [5, 5.41) is 11.3. The van der Waals surface area contributed by atoms with E-state index in [2.05, 4.69) is 15.6 Å². The van der Waals surface area contributed by atoms with Crippen LogP contribution in [0.5, 0.6) is 0 Å². The Morgan fingerprint density at radius 3 is 2.76 bits per heavy atom. The minimum Gasteiger partial charge on any atom is -0.359 e. The Morgan fingerprint density at radius 1 is 1.34 bits per heavy atom. The van der Waals surface area contributed by atoms with Crippen LogP contribution >= 0.6 is 0 Å². The van der Waals surface area contributed by atoms with Gasteiger partial charge in [-0.25, -0.2) is 0 Å². The van der Waals surface area contributed by atoms with Gasteiger partial charge in [-0.2, -0.15) is 5.10 Å². The third-order valence-electron chi connectivity index (χ3n) is 6.14. The molecule has 1 unspecified atom stereocenters. The van der Waals surface area contributed by atoms with Gasteiger partial charge < -0.3 is 14.7 Å². The molecule has 29 heavy (non-hydrogen) atoms. The van der Waals surface area contributed by atoms with E-state index in [0.29, 0.717) is 31.1 Å². The van der Waals surface area contributed by atoms with Crippen molar-refractivity contribution in [1.29, 1.82) is 0 Å². The summed E-state index contributed by atoms with van der Waals surface area (Å²) < 4.78 is 7.11. The van der Waals surface area contributed by atoms with Crippen molar-refractivity contribution in [1.82, 2.24) is 25.2 Å². The highest BCUT2D eigenvalue weighted by molar-refractivity contribution is 5.93. The van der Waals surface area contributed by atoms with Crippen molar-refractivity contribution >= 4 is 11.8 Å². The Kier molecular flexibility index (Phi) is 5.19. The predicted molar refractivity (Wildman–Crippen MR) is 106 cm³/mol. The van der Waals surface area contributed by atoms with Gasteiger partial charge in [0, 0.05) is 36.8 Å². The quantitative estimate of drug-likeness (QED) is 0.833. The zero-order valence-corrected chi connectivity index (χ0v) is 17.4. The zero-order chi connectivity index (χ0) is 20.6. The minimum atomic E-state index is -0.164. The molecular weight excluding hydrogens is 370 g/mol. The van der Waals surface area contributed by atoms with Gasteiger partial charge in [-0.05, 0) is 39.2 Å². The standard InChI is InChI=1S/C21H29N5O3/c1-14(2)23-19(27)17-12-25(13-21(17)6-4-5-7-21)20(28)18-8-16(29-24-18)11-26-10-15(3)9-22-26/h8-10,14,17H,4-7,11-13H2,1-3H3,(H,23,27). The van der Waals surface area contributed by atoms with Crippen LogP contribution in [0.1, 0.15) is 61.3 Å². The van der Waals surface area contributed by atoms with Crippen molar-refractivity contribution < 1.29 is 14.1 Å². The number of nitrogens with one attached hydrogen (secondary N) is 1. The summed E-state index contributed by atoms with van der Waals surface area (Å²) in [5.41, 5.74) is 1.25. The lowest BCUT2D eigenvalue weighted by atomic mass is 9.76. The lowest BCUT2D eigenvalue weighted by Crippen LogP contribution is -2.42. The van der Waals surface area contributed by atoms with Crippen LogP contribution in [0.2, 0.25) is 0 Å². The van der Waals surface area contributed by atoms with E-state index in [1.165, 1.54) is 0 Å². The maximum atomic E-state index is 13.1. The number of likely N-dealkylation sites (tertiary alicyclic amines) is 1. The largest absolute Gasteiger partial charge is 0.359 e. The number of nitrogens with zero attached hydrogens (tertiary/aromatic N) is 4. The monoisotopic (exact) mass is 399 g/mol. The van der Waals surface area contributed by atoms with Crippen LogP contribution in [0, 0.1) is 18.3 Å². The summed E-state index contributed by atoms with van der Waals surface area (Å²) in [6.45, 7) is 7.39. The van der Waals surface area contributed by atoms with E-state index in [1.807, 2.05) is 27.0 Å². The van der Waals surface area contributed by atoms with Gasteiger partial charge in [0.05, 0.1) is 12.1 Å². The van der Waals surface area contributed by atoms with Crippen molar-refractivity contribution in [2.45, 2.75) is 59.0 Å². The molecule has 2 aliphatic rings. The van der Waals surface area contributed by atoms with E-state index in [9.17, 15) is 9.59 Å². The zero-order valence-electron chi connectivity index (χ0n) is 17.4. The Balaban J connectivity index is 1.48. The fourth-order valence-electron chi connectivity index (χ4n) is 4.82. The van der Waals surface area contributed by atoms with Crippen molar-refractivity contribution in [3.63, 3.8) is 0 Å². The normalized spacial score (nSPS) is 20.7. The van der Waals surface area contributed by atoms with Gasteiger partial charge in [-0.1, -0.05) is 18.0 Å². The second kappa shape index (κ2) is 7.65. The molecule has 2 aromatic rings. The molecule has 1 aliphatic heterocycles. The predicted octanol–water partition coefficient (Wildman–Crippen LogP) is 2.38. The first-order chi connectivity index (χ1) is 13.9. The van der Waals surface area contributed by atoms with Crippen LogP contribution in [0.4, 0.5) is 0 Å². The third-order valence-corrected chi connectivity index (χ3v) is 6.14. The molecule has 156 valence electrons. The molecule has 1 N–H and O–H groups in total. The molecule has 2 aromatic heterocycles. The van der Waals surface area contributed by atoms with E-state index >= 15 is 0 Å². The molecule has 4 rings (SSSR count). The van der Waals surface area contributed by atoms with E-state index in [4.69, 9.17) is 4.52 Å². The number of hydrogen-bond acceptors (Lipinski definition) is 5. The number of amides is 2. The van der Waals surface area contributed by atoms with Crippen molar-refractivity contribution in [3.05, 3.63) is 35.5 Å². The number of rotatable bonds is 5. The third kappa shape index (κ3) is 3.93. The van der Waals surface area contributed by atoms with Gasteiger partial charge in [0.25, 0.3) is 5.91 Å². The van der Waals surface area contributed by atoms with Crippen LogP contribution in [0.3, 0.4) is 0 Å². The Morgan fingerprint density at radius 2 is 2.10 bits per heavy atom. The number of hydrogen-bond donors (Lipinski definition) is 1. The molecule has 8 nitrogen and oxygen atoms in total. The molecule has 0 radical (unpaired) electrons. The van der Waals surface area contributed by atoms with E-state index in [1.54, 1.807) is 21.8 Å². The first kappa shape index (κ1) is 19.7. The highest BCUT2D eigenvalue weighted by Gasteiger charge is 2.52. The molecule has 0 aromatic carbocycles. The van der Waals surface area contributed by atoms with Crippen molar-refractivity contribution in [2.24, 2.45) is 11.3 Å². The number of aromatic nitrogens is 3. The lowest BCUT2D eigenvalue weighted by molar-refractivity contribution is -0.128. The van der Waals surface area contributed by atoms with Crippen LogP contribution in [0.15, 0.2) is 23.0 Å². The topological polar surface area (TPSA) is 93.3 Å². The second-order valence-corrected chi connectivity index (χ2v) is 8.86. The Labute approximate surface area is 170 Å². The molecule has 3 heterocycles. The van der Waals surface area contributed by atoms with E-state index < -0.39 is 0 Å². The van der Waals surface area contributed by atoms with Gasteiger partial charge >= 0.3 is 0 Å². The Hall–Kier alpha value is -2.64. The molecule has 2 fully saturated rings. The summed E-state index contributed by atoms with van der Waals surface area (Å²) >= 11 is 0. The number of aryl methyl sites for hydroxylation is 1.